The third-order valence-electron chi connectivity index (χ3n) is 1.18. The summed E-state index contributed by atoms with van der Waals surface area (Å²) in [6.07, 6.45) is 14.7. The Morgan fingerprint density at radius 1 is 1.07 bits per heavy atom. The van der Waals surface area contributed by atoms with Crippen molar-refractivity contribution in [3.8, 4) is 0 Å². The van der Waals surface area contributed by atoms with E-state index in [0.29, 0.717) is 0 Å². The van der Waals surface area contributed by atoms with Crippen molar-refractivity contribution in [3.63, 3.8) is 0 Å². The van der Waals surface area contributed by atoms with Crippen LogP contribution in [0.15, 0.2) is 48.6 Å². The minimum Gasteiger partial charge on any atom is -0.481 e. The van der Waals surface area contributed by atoms with Crippen molar-refractivity contribution < 1.29 is 9.90 Å². The maximum Gasteiger partial charge on any atom is 0.307 e. The van der Waals surface area contributed by atoms with Crippen molar-refractivity contribution in [2.75, 3.05) is 0 Å². The molecule has 0 aromatic carbocycles. The van der Waals surface area contributed by atoms with Gasteiger partial charge in [0.15, 0.2) is 0 Å². The monoisotopic (exact) mass is 217 g/mol. The molecule has 0 rings (SSSR count). The van der Waals surface area contributed by atoms with Gasteiger partial charge in [0.2, 0.25) is 0 Å². The molecule has 0 aliphatic carbocycles. The van der Waals surface area contributed by atoms with Gasteiger partial charge in [0.05, 0.1) is 6.42 Å². The standard InChI is InChI=1S/C11H14O2.K/c1-2-3-4-5-6-7-8-9-10-11(12)13;/h2-9H,10H2,1H3,(H,12,13);. The van der Waals surface area contributed by atoms with E-state index in [0.717, 1.165) is 0 Å². The van der Waals surface area contributed by atoms with Crippen LogP contribution in [0.3, 0.4) is 0 Å². The Morgan fingerprint density at radius 3 is 2.07 bits per heavy atom. The van der Waals surface area contributed by atoms with Gasteiger partial charge in [-0.1, -0.05) is 48.6 Å². The van der Waals surface area contributed by atoms with Gasteiger partial charge >= 0.3 is 5.97 Å². The van der Waals surface area contributed by atoms with Crippen molar-refractivity contribution in [1.82, 2.24) is 0 Å². The smallest absolute Gasteiger partial charge is 0.307 e. The largest absolute Gasteiger partial charge is 0.481 e. The van der Waals surface area contributed by atoms with Gasteiger partial charge in [-0.05, 0) is 6.92 Å². The number of carboxylic acids is 1. The SMILES string of the molecule is CC=CC=CC=CC=CCC(=O)O.[K]. The molecule has 0 bridgehead atoms. The summed E-state index contributed by atoms with van der Waals surface area (Å²) in [5.74, 6) is -0.811. The second-order valence-electron chi connectivity index (χ2n) is 2.32. The van der Waals surface area contributed by atoms with E-state index >= 15 is 0 Å². The Hall–Kier alpha value is 0.0664. The molecule has 2 nitrogen and oxygen atoms in total. The van der Waals surface area contributed by atoms with Crippen LogP contribution >= 0.6 is 0 Å². The Morgan fingerprint density at radius 2 is 1.57 bits per heavy atom. The Labute approximate surface area is 128 Å². The summed E-state index contributed by atoms with van der Waals surface area (Å²) in [7, 11) is 0. The van der Waals surface area contributed by atoms with Crippen LogP contribution in [0.4, 0.5) is 0 Å². The van der Waals surface area contributed by atoms with Crippen molar-refractivity contribution >= 4 is 57.4 Å². The van der Waals surface area contributed by atoms with Crippen molar-refractivity contribution in [2.45, 2.75) is 13.3 Å². The predicted octanol–water partition coefficient (Wildman–Crippen LogP) is 2.32. The van der Waals surface area contributed by atoms with E-state index in [2.05, 4.69) is 0 Å². The second-order valence-corrected chi connectivity index (χ2v) is 2.32. The number of rotatable bonds is 5. The van der Waals surface area contributed by atoms with Gasteiger partial charge in [0.25, 0.3) is 0 Å². The molecule has 0 heterocycles. The van der Waals surface area contributed by atoms with Gasteiger partial charge in [-0.3, -0.25) is 4.79 Å². The van der Waals surface area contributed by atoms with E-state index in [1.54, 1.807) is 18.2 Å². The van der Waals surface area contributed by atoms with E-state index in [9.17, 15) is 4.79 Å². The molecule has 0 aromatic rings. The minimum atomic E-state index is -0.811. The van der Waals surface area contributed by atoms with Crippen LogP contribution in [0.5, 0.6) is 0 Å². The molecule has 0 saturated heterocycles. The van der Waals surface area contributed by atoms with Crippen molar-refractivity contribution in [2.24, 2.45) is 0 Å². The first kappa shape index (κ1) is 16.5. The number of carbonyl (C=O) groups is 1. The van der Waals surface area contributed by atoms with Crippen molar-refractivity contribution in [3.05, 3.63) is 48.6 Å². The third kappa shape index (κ3) is 14.6. The molecule has 14 heavy (non-hydrogen) atoms. The average molecular weight is 217 g/mol. The summed E-state index contributed by atoms with van der Waals surface area (Å²) >= 11 is 0. The van der Waals surface area contributed by atoms with Crippen molar-refractivity contribution in [1.29, 1.82) is 0 Å². The van der Waals surface area contributed by atoms with Crippen LogP contribution < -0.4 is 0 Å². The summed E-state index contributed by atoms with van der Waals surface area (Å²) in [5.41, 5.74) is 0. The molecular formula is C11H14KO2. The summed E-state index contributed by atoms with van der Waals surface area (Å²) in [6, 6.07) is 0. The van der Waals surface area contributed by atoms with Crippen LogP contribution in [0.25, 0.3) is 0 Å². The zero-order valence-corrected chi connectivity index (χ0v) is 11.8. The second kappa shape index (κ2) is 13.1. The zero-order chi connectivity index (χ0) is 9.94. The van der Waals surface area contributed by atoms with E-state index < -0.39 is 5.97 Å². The third-order valence-corrected chi connectivity index (χ3v) is 1.18. The number of aliphatic carboxylic acids is 1. The first-order valence-electron chi connectivity index (χ1n) is 4.10. The quantitative estimate of drug-likeness (QED) is 0.567. The number of allylic oxidation sites excluding steroid dienone is 7. The van der Waals surface area contributed by atoms with Crippen LogP contribution in [0.2, 0.25) is 0 Å². The average Bonchev–Trinajstić information content (AvgIpc) is 2.09. The Bertz CT molecular complexity index is 250. The molecular weight excluding hydrogens is 203 g/mol. The topological polar surface area (TPSA) is 37.3 Å². The van der Waals surface area contributed by atoms with Crippen LogP contribution in [0.1, 0.15) is 13.3 Å². The Balaban J connectivity index is 0. The minimum absolute atomic E-state index is 0. The fourth-order valence-corrected chi connectivity index (χ4v) is 0.615. The molecule has 0 fully saturated rings. The molecule has 1 radical (unpaired) electrons. The molecule has 0 amide bonds. The van der Waals surface area contributed by atoms with E-state index in [1.165, 1.54) is 0 Å². The van der Waals surface area contributed by atoms with Gasteiger partial charge in [-0.2, -0.15) is 0 Å². The fraction of sp³-hybridized carbons (Fsp3) is 0.182. The molecule has 0 aromatic heterocycles. The number of hydrogen-bond acceptors (Lipinski definition) is 1. The molecule has 0 aliphatic heterocycles. The summed E-state index contributed by atoms with van der Waals surface area (Å²) in [6.45, 7) is 1.95. The molecule has 0 aliphatic rings. The maximum atomic E-state index is 10.1. The van der Waals surface area contributed by atoms with E-state index in [1.807, 2.05) is 37.3 Å². The molecule has 0 spiro atoms. The van der Waals surface area contributed by atoms with Crippen LogP contribution in [-0.2, 0) is 4.79 Å². The number of hydrogen-bond donors (Lipinski definition) is 1. The summed E-state index contributed by atoms with van der Waals surface area (Å²) < 4.78 is 0. The van der Waals surface area contributed by atoms with Gasteiger partial charge in [-0.15, -0.1) is 0 Å². The normalized spacial score (nSPS) is 11.8. The predicted molar refractivity (Wildman–Crippen MR) is 60.2 cm³/mol. The first-order valence-corrected chi connectivity index (χ1v) is 4.10. The van der Waals surface area contributed by atoms with E-state index in [-0.39, 0.29) is 57.8 Å². The molecule has 1 N–H and O–H groups in total. The molecule has 0 atom stereocenters. The van der Waals surface area contributed by atoms with E-state index in [4.69, 9.17) is 5.11 Å². The Kier molecular flexibility index (Phi) is 15.4. The van der Waals surface area contributed by atoms with Crippen LogP contribution in [0, 0.1) is 0 Å². The molecule has 3 heteroatoms. The zero-order valence-electron chi connectivity index (χ0n) is 8.68. The summed E-state index contributed by atoms with van der Waals surface area (Å²) in [5, 5.41) is 8.29. The molecule has 71 valence electrons. The van der Waals surface area contributed by atoms with Crippen LogP contribution in [-0.4, -0.2) is 62.5 Å². The maximum absolute atomic E-state index is 10.1. The van der Waals surface area contributed by atoms with Gasteiger partial charge < -0.3 is 5.11 Å². The molecule has 0 saturated carbocycles. The van der Waals surface area contributed by atoms with Gasteiger partial charge in [-0.25, -0.2) is 0 Å². The fourth-order valence-electron chi connectivity index (χ4n) is 0.615. The van der Waals surface area contributed by atoms with Gasteiger partial charge in [0.1, 0.15) is 0 Å². The summed E-state index contributed by atoms with van der Waals surface area (Å²) in [4.78, 5) is 10.1. The number of carboxylic acid groups (broad SMARTS) is 1. The molecule has 0 unspecified atom stereocenters. The first-order chi connectivity index (χ1) is 6.27. The van der Waals surface area contributed by atoms with Gasteiger partial charge in [0, 0.05) is 51.4 Å².